The van der Waals surface area contributed by atoms with Crippen molar-refractivity contribution < 1.29 is 14.7 Å². The fraction of sp³-hybridized carbons (Fsp3) is 0.412. The van der Waals surface area contributed by atoms with E-state index in [2.05, 4.69) is 20.1 Å². The number of carbonyl (C=O) groups excluding carboxylic acids is 1. The smallest absolute Gasteiger partial charge is 0.325 e. The van der Waals surface area contributed by atoms with Gasteiger partial charge in [0, 0.05) is 5.92 Å². The highest BCUT2D eigenvalue weighted by Gasteiger charge is 2.30. The standard InChI is InChI=1S/C17H20N4O3S/c1-11(16(23)24)18-14(22)10-25-17-20-19-15(13-7-8-13)21(17)9-12-5-3-2-4-6-12/h2-6,11,13H,7-10H2,1H3,(H,18,22)(H,23,24)/t11-/m1/s1. The molecule has 7 nitrogen and oxygen atoms in total. The predicted octanol–water partition coefficient (Wildman–Crippen LogP) is 1.89. The molecule has 0 bridgehead atoms. The molecular weight excluding hydrogens is 340 g/mol. The molecule has 1 heterocycles. The van der Waals surface area contributed by atoms with Gasteiger partial charge in [0.25, 0.3) is 0 Å². The van der Waals surface area contributed by atoms with E-state index in [1.807, 2.05) is 30.3 Å². The average Bonchev–Trinajstić information content (AvgIpc) is 3.36. The molecular formula is C17H20N4O3S. The molecule has 1 aromatic carbocycles. The SMILES string of the molecule is C[C@@H](NC(=O)CSc1nnc(C2CC2)n1Cc1ccccc1)C(=O)O. The van der Waals surface area contributed by atoms with Gasteiger partial charge in [0.15, 0.2) is 5.16 Å². The number of carbonyl (C=O) groups is 2. The van der Waals surface area contributed by atoms with Gasteiger partial charge in [-0.15, -0.1) is 10.2 Å². The number of aliphatic carboxylic acids is 1. The van der Waals surface area contributed by atoms with Crippen LogP contribution in [0.4, 0.5) is 0 Å². The Morgan fingerprint density at radius 3 is 2.68 bits per heavy atom. The molecule has 2 aromatic rings. The number of aromatic nitrogens is 3. The number of rotatable bonds is 8. The van der Waals surface area contributed by atoms with Gasteiger partial charge in [-0.05, 0) is 25.3 Å². The number of thioether (sulfide) groups is 1. The van der Waals surface area contributed by atoms with Gasteiger partial charge in [-0.2, -0.15) is 0 Å². The zero-order valence-corrected chi connectivity index (χ0v) is 14.7. The first-order chi connectivity index (χ1) is 12.0. The van der Waals surface area contributed by atoms with Gasteiger partial charge in [0.2, 0.25) is 5.91 Å². The summed E-state index contributed by atoms with van der Waals surface area (Å²) < 4.78 is 2.06. The van der Waals surface area contributed by atoms with Gasteiger partial charge in [0.1, 0.15) is 11.9 Å². The van der Waals surface area contributed by atoms with E-state index in [0.29, 0.717) is 17.6 Å². The Kier molecular flexibility index (Phi) is 5.37. The maximum absolute atomic E-state index is 11.9. The van der Waals surface area contributed by atoms with Crippen LogP contribution in [0.25, 0.3) is 0 Å². The normalized spacial score (nSPS) is 14.9. The molecule has 0 unspecified atom stereocenters. The third-order valence-electron chi connectivity index (χ3n) is 3.95. The fourth-order valence-electron chi connectivity index (χ4n) is 2.44. The lowest BCUT2D eigenvalue weighted by Gasteiger charge is -2.11. The summed E-state index contributed by atoms with van der Waals surface area (Å²) in [5.74, 6) is 0.135. The van der Waals surface area contributed by atoms with Gasteiger partial charge in [0.05, 0.1) is 12.3 Å². The maximum Gasteiger partial charge on any atom is 0.325 e. The van der Waals surface area contributed by atoms with E-state index in [1.165, 1.54) is 18.7 Å². The summed E-state index contributed by atoms with van der Waals surface area (Å²) in [4.78, 5) is 22.7. The molecule has 0 radical (unpaired) electrons. The largest absolute Gasteiger partial charge is 0.480 e. The lowest BCUT2D eigenvalue weighted by atomic mass is 10.2. The van der Waals surface area contributed by atoms with Gasteiger partial charge in [-0.25, -0.2) is 0 Å². The fourth-order valence-corrected chi connectivity index (χ4v) is 3.20. The molecule has 1 aromatic heterocycles. The highest BCUT2D eigenvalue weighted by atomic mass is 32.2. The van der Waals surface area contributed by atoms with E-state index in [1.54, 1.807) is 0 Å². The molecule has 8 heteroatoms. The maximum atomic E-state index is 11.9. The topological polar surface area (TPSA) is 97.1 Å². The predicted molar refractivity (Wildman–Crippen MR) is 93.5 cm³/mol. The highest BCUT2D eigenvalue weighted by molar-refractivity contribution is 7.99. The number of nitrogens with zero attached hydrogens (tertiary/aromatic N) is 3. The average molecular weight is 360 g/mol. The lowest BCUT2D eigenvalue weighted by molar-refractivity contribution is -0.140. The van der Waals surface area contributed by atoms with Crippen molar-refractivity contribution in [2.24, 2.45) is 0 Å². The number of amides is 1. The quantitative estimate of drug-likeness (QED) is 0.698. The van der Waals surface area contributed by atoms with Gasteiger partial charge < -0.3 is 15.0 Å². The first kappa shape index (κ1) is 17.5. The first-order valence-corrected chi connectivity index (χ1v) is 9.15. The Bertz CT molecular complexity index is 759. The molecule has 25 heavy (non-hydrogen) atoms. The molecule has 1 amide bonds. The van der Waals surface area contributed by atoms with Gasteiger partial charge >= 0.3 is 5.97 Å². The van der Waals surface area contributed by atoms with Crippen LogP contribution in [0.15, 0.2) is 35.5 Å². The summed E-state index contributed by atoms with van der Waals surface area (Å²) in [6.07, 6.45) is 2.24. The van der Waals surface area contributed by atoms with E-state index in [-0.39, 0.29) is 11.7 Å². The Hall–Kier alpha value is -2.35. The van der Waals surface area contributed by atoms with Crippen LogP contribution in [0.3, 0.4) is 0 Å². The van der Waals surface area contributed by atoms with Crippen molar-refractivity contribution in [2.45, 2.75) is 43.4 Å². The lowest BCUT2D eigenvalue weighted by Crippen LogP contribution is -2.39. The minimum atomic E-state index is -1.05. The van der Waals surface area contributed by atoms with Gasteiger partial charge in [-0.1, -0.05) is 42.1 Å². The molecule has 1 atom stereocenters. The molecule has 0 aliphatic heterocycles. The van der Waals surface area contributed by atoms with Crippen LogP contribution < -0.4 is 5.32 Å². The van der Waals surface area contributed by atoms with Crippen molar-refractivity contribution in [3.63, 3.8) is 0 Å². The van der Waals surface area contributed by atoms with E-state index >= 15 is 0 Å². The molecule has 3 rings (SSSR count). The summed E-state index contributed by atoms with van der Waals surface area (Å²) in [5.41, 5.74) is 1.15. The van der Waals surface area contributed by atoms with E-state index in [4.69, 9.17) is 5.11 Å². The number of carboxylic acids is 1. The first-order valence-electron chi connectivity index (χ1n) is 8.16. The van der Waals surface area contributed by atoms with Crippen molar-refractivity contribution in [2.75, 3.05) is 5.75 Å². The summed E-state index contributed by atoms with van der Waals surface area (Å²) in [6.45, 7) is 2.10. The van der Waals surface area contributed by atoms with Crippen molar-refractivity contribution in [3.8, 4) is 0 Å². The Morgan fingerprint density at radius 1 is 1.32 bits per heavy atom. The molecule has 1 fully saturated rings. The molecule has 2 N–H and O–H groups in total. The number of hydrogen-bond acceptors (Lipinski definition) is 5. The van der Waals surface area contributed by atoms with Crippen LogP contribution in [0.1, 0.15) is 37.1 Å². The molecule has 0 spiro atoms. The second-order valence-corrected chi connectivity index (χ2v) is 7.05. The van der Waals surface area contributed by atoms with Crippen LogP contribution in [0.2, 0.25) is 0 Å². The third kappa shape index (κ3) is 4.60. The third-order valence-corrected chi connectivity index (χ3v) is 4.92. The minimum Gasteiger partial charge on any atom is -0.480 e. The zero-order valence-electron chi connectivity index (χ0n) is 13.9. The molecule has 1 saturated carbocycles. The number of benzene rings is 1. The molecule has 132 valence electrons. The highest BCUT2D eigenvalue weighted by Crippen LogP contribution is 2.40. The Morgan fingerprint density at radius 2 is 2.04 bits per heavy atom. The minimum absolute atomic E-state index is 0.106. The summed E-state index contributed by atoms with van der Waals surface area (Å²) >= 11 is 1.28. The van der Waals surface area contributed by atoms with E-state index in [0.717, 1.165) is 24.2 Å². The number of nitrogens with one attached hydrogen (secondary N) is 1. The van der Waals surface area contributed by atoms with Crippen molar-refractivity contribution in [3.05, 3.63) is 41.7 Å². The zero-order chi connectivity index (χ0) is 17.8. The van der Waals surface area contributed by atoms with E-state index < -0.39 is 12.0 Å². The van der Waals surface area contributed by atoms with Gasteiger partial charge in [-0.3, -0.25) is 9.59 Å². The second kappa shape index (κ2) is 7.69. The monoisotopic (exact) mass is 360 g/mol. The molecule has 1 aliphatic rings. The Balaban J connectivity index is 1.69. The van der Waals surface area contributed by atoms with E-state index in [9.17, 15) is 9.59 Å². The Labute approximate surface area is 149 Å². The second-order valence-electron chi connectivity index (χ2n) is 6.10. The molecule has 1 aliphatic carbocycles. The molecule has 0 saturated heterocycles. The van der Waals surface area contributed by atoms with Crippen LogP contribution in [0.5, 0.6) is 0 Å². The summed E-state index contributed by atoms with van der Waals surface area (Å²) in [5, 5.41) is 20.5. The number of hydrogen-bond donors (Lipinski definition) is 2. The van der Waals surface area contributed by atoms with Crippen molar-refractivity contribution in [1.29, 1.82) is 0 Å². The van der Waals surface area contributed by atoms with Crippen LogP contribution >= 0.6 is 11.8 Å². The van der Waals surface area contributed by atoms with Crippen molar-refractivity contribution in [1.82, 2.24) is 20.1 Å². The van der Waals surface area contributed by atoms with Crippen LogP contribution in [-0.2, 0) is 16.1 Å². The summed E-state index contributed by atoms with van der Waals surface area (Å²) in [7, 11) is 0. The number of carboxylic acid groups (broad SMARTS) is 1. The van der Waals surface area contributed by atoms with Crippen LogP contribution in [-0.4, -0.2) is 43.5 Å². The van der Waals surface area contributed by atoms with Crippen molar-refractivity contribution >= 4 is 23.6 Å². The van der Waals surface area contributed by atoms with Crippen LogP contribution in [0, 0.1) is 0 Å². The summed E-state index contributed by atoms with van der Waals surface area (Å²) in [6, 6.07) is 9.14.